The summed E-state index contributed by atoms with van der Waals surface area (Å²) < 4.78 is 0. The van der Waals surface area contributed by atoms with E-state index < -0.39 is 24.0 Å². The van der Waals surface area contributed by atoms with Crippen LogP contribution < -0.4 is 16.8 Å². The second kappa shape index (κ2) is 8.03. The summed E-state index contributed by atoms with van der Waals surface area (Å²) in [7, 11) is 0. The highest BCUT2D eigenvalue weighted by Gasteiger charge is 2.11. The van der Waals surface area contributed by atoms with Crippen molar-refractivity contribution in [2.45, 2.75) is 31.3 Å². The van der Waals surface area contributed by atoms with Crippen LogP contribution in [0.4, 0.5) is 0 Å². The molecule has 0 aromatic carbocycles. The molecule has 16 heavy (non-hydrogen) atoms. The van der Waals surface area contributed by atoms with Crippen molar-refractivity contribution in [3.8, 4) is 0 Å². The molecule has 7 nitrogen and oxygen atoms in total. The number of nitrogens with two attached hydrogens (primary N) is 2. The fraction of sp³-hybridized carbons (Fsp3) is 0.778. The number of rotatable bonds is 9. The third kappa shape index (κ3) is 7.16. The van der Waals surface area contributed by atoms with Crippen molar-refractivity contribution in [1.82, 2.24) is 5.32 Å². The van der Waals surface area contributed by atoms with E-state index in [1.807, 2.05) is 0 Å². The maximum atomic E-state index is 10.4. The van der Waals surface area contributed by atoms with Gasteiger partial charge in [-0.3, -0.25) is 9.59 Å². The van der Waals surface area contributed by atoms with Crippen LogP contribution in [0, 0.1) is 0 Å². The summed E-state index contributed by atoms with van der Waals surface area (Å²) in [6.07, 6.45) is 1.85. The molecule has 0 radical (unpaired) electrons. The Kier molecular flexibility index (Phi) is 7.44. The number of aliphatic carboxylic acids is 2. The van der Waals surface area contributed by atoms with Crippen LogP contribution in [0.2, 0.25) is 0 Å². The molecule has 0 spiro atoms. The minimum Gasteiger partial charge on any atom is -0.480 e. The Morgan fingerprint density at radius 1 is 1.06 bits per heavy atom. The van der Waals surface area contributed by atoms with Crippen molar-refractivity contribution < 1.29 is 19.8 Å². The fourth-order valence-corrected chi connectivity index (χ4v) is 1.08. The zero-order valence-corrected chi connectivity index (χ0v) is 9.06. The van der Waals surface area contributed by atoms with Crippen molar-refractivity contribution >= 4 is 11.9 Å². The third-order valence-corrected chi connectivity index (χ3v) is 2.12. The van der Waals surface area contributed by atoms with Crippen molar-refractivity contribution in [2.24, 2.45) is 11.5 Å². The molecule has 2 unspecified atom stereocenters. The molecule has 94 valence electrons. The number of carbonyl (C=O) groups is 2. The van der Waals surface area contributed by atoms with E-state index in [1.54, 1.807) is 0 Å². The Hall–Kier alpha value is -1.18. The largest absolute Gasteiger partial charge is 0.480 e. The lowest BCUT2D eigenvalue weighted by molar-refractivity contribution is -0.139. The van der Waals surface area contributed by atoms with Crippen molar-refractivity contribution in [3.05, 3.63) is 0 Å². The summed E-state index contributed by atoms with van der Waals surface area (Å²) in [5, 5.41) is 19.8. The first-order valence-electron chi connectivity index (χ1n) is 5.12. The quantitative estimate of drug-likeness (QED) is 0.308. The van der Waals surface area contributed by atoms with Crippen molar-refractivity contribution in [2.75, 3.05) is 13.1 Å². The molecule has 0 fully saturated rings. The van der Waals surface area contributed by atoms with Crippen molar-refractivity contribution in [1.29, 1.82) is 0 Å². The monoisotopic (exact) mass is 233 g/mol. The lowest BCUT2D eigenvalue weighted by Gasteiger charge is -2.09. The predicted molar refractivity (Wildman–Crippen MR) is 57.9 cm³/mol. The molecular formula is C9H19N3O4. The molecule has 0 saturated heterocycles. The fourth-order valence-electron chi connectivity index (χ4n) is 1.08. The van der Waals surface area contributed by atoms with Gasteiger partial charge in [0, 0.05) is 6.54 Å². The van der Waals surface area contributed by atoms with Gasteiger partial charge in [-0.05, 0) is 19.4 Å². The average Bonchev–Trinajstić information content (AvgIpc) is 2.21. The van der Waals surface area contributed by atoms with E-state index in [0.29, 0.717) is 19.4 Å². The number of hydrogen-bond donors (Lipinski definition) is 5. The van der Waals surface area contributed by atoms with Crippen LogP contribution in [0.15, 0.2) is 0 Å². The van der Waals surface area contributed by atoms with Gasteiger partial charge in [-0.15, -0.1) is 0 Å². The molecule has 0 aliphatic rings. The highest BCUT2D eigenvalue weighted by Crippen LogP contribution is 1.98. The molecule has 0 aliphatic carbocycles. The Balaban J connectivity index is 3.34. The molecule has 7 heteroatoms. The topological polar surface area (TPSA) is 139 Å². The second-order valence-corrected chi connectivity index (χ2v) is 3.59. The maximum Gasteiger partial charge on any atom is 0.321 e. The summed E-state index contributed by atoms with van der Waals surface area (Å²) in [4.78, 5) is 20.7. The van der Waals surface area contributed by atoms with E-state index in [1.165, 1.54) is 0 Å². The molecule has 2 atom stereocenters. The van der Waals surface area contributed by atoms with E-state index in [2.05, 4.69) is 5.32 Å². The molecule has 7 N–H and O–H groups in total. The molecular weight excluding hydrogens is 214 g/mol. The number of carboxylic acids is 2. The highest BCUT2D eigenvalue weighted by molar-refractivity contribution is 5.73. The minimum atomic E-state index is -1.04. The summed E-state index contributed by atoms with van der Waals surface area (Å²) in [6.45, 7) is 0.813. The number of nitrogens with one attached hydrogen (secondary N) is 1. The molecule has 0 aromatic heterocycles. The molecule has 0 aliphatic heterocycles. The molecule has 0 saturated carbocycles. The minimum absolute atomic E-state index is 0.209. The highest BCUT2D eigenvalue weighted by atomic mass is 16.4. The van der Waals surface area contributed by atoms with Gasteiger partial charge in [0.05, 0.1) is 0 Å². The van der Waals surface area contributed by atoms with Crippen LogP contribution in [-0.2, 0) is 9.59 Å². The van der Waals surface area contributed by atoms with Crippen LogP contribution in [0.1, 0.15) is 19.3 Å². The van der Waals surface area contributed by atoms with Gasteiger partial charge in [0.25, 0.3) is 0 Å². The van der Waals surface area contributed by atoms with E-state index in [9.17, 15) is 9.59 Å². The van der Waals surface area contributed by atoms with E-state index in [0.717, 1.165) is 6.42 Å². The van der Waals surface area contributed by atoms with Crippen molar-refractivity contribution in [3.63, 3.8) is 0 Å². The van der Waals surface area contributed by atoms with Crippen LogP contribution in [-0.4, -0.2) is 47.3 Å². The lowest BCUT2D eigenvalue weighted by atomic mass is 10.1. The summed E-state index contributed by atoms with van der Waals surface area (Å²) in [6, 6.07) is -1.72. The Bertz CT molecular complexity index is 211. The zero-order valence-electron chi connectivity index (χ0n) is 9.06. The van der Waals surface area contributed by atoms with Gasteiger partial charge in [0.2, 0.25) is 0 Å². The van der Waals surface area contributed by atoms with Gasteiger partial charge < -0.3 is 27.0 Å². The van der Waals surface area contributed by atoms with Gasteiger partial charge in [0.1, 0.15) is 12.1 Å². The van der Waals surface area contributed by atoms with Crippen LogP contribution in [0.25, 0.3) is 0 Å². The van der Waals surface area contributed by atoms with Gasteiger partial charge in [0.15, 0.2) is 0 Å². The molecule has 0 heterocycles. The first-order chi connectivity index (χ1) is 7.45. The Labute approximate surface area is 93.8 Å². The van der Waals surface area contributed by atoms with Gasteiger partial charge in [-0.25, -0.2) is 0 Å². The van der Waals surface area contributed by atoms with E-state index in [-0.39, 0.29) is 6.54 Å². The predicted octanol–water partition coefficient (Wildman–Crippen LogP) is -1.43. The summed E-state index contributed by atoms with van der Waals surface area (Å²) >= 11 is 0. The SMILES string of the molecule is NC(CCCCNCC(N)C(=O)O)C(=O)O. The first kappa shape index (κ1) is 14.8. The molecule has 0 aromatic rings. The lowest BCUT2D eigenvalue weighted by Crippen LogP contribution is -2.40. The standard InChI is InChI=1S/C9H19N3O4/c10-6(8(13)14)3-1-2-4-12-5-7(11)9(15)16/h6-7,12H,1-5,10-11H2,(H,13,14)(H,15,16). The Morgan fingerprint density at radius 3 is 2.12 bits per heavy atom. The van der Waals surface area contributed by atoms with Gasteiger partial charge >= 0.3 is 11.9 Å². The second-order valence-electron chi connectivity index (χ2n) is 3.59. The first-order valence-corrected chi connectivity index (χ1v) is 5.12. The van der Waals surface area contributed by atoms with Crippen LogP contribution in [0.5, 0.6) is 0 Å². The Morgan fingerprint density at radius 2 is 1.62 bits per heavy atom. The van der Waals surface area contributed by atoms with Crippen LogP contribution >= 0.6 is 0 Å². The summed E-state index contributed by atoms with van der Waals surface area (Å²) in [5.74, 6) is -2.04. The molecule has 0 amide bonds. The van der Waals surface area contributed by atoms with E-state index >= 15 is 0 Å². The smallest absolute Gasteiger partial charge is 0.321 e. The summed E-state index contributed by atoms with van der Waals surface area (Å²) in [5.41, 5.74) is 10.6. The number of carboxylic acid groups (broad SMARTS) is 2. The van der Waals surface area contributed by atoms with Gasteiger partial charge in [-0.1, -0.05) is 6.42 Å². The van der Waals surface area contributed by atoms with E-state index in [4.69, 9.17) is 21.7 Å². The third-order valence-electron chi connectivity index (χ3n) is 2.12. The normalized spacial score (nSPS) is 14.4. The number of hydrogen-bond acceptors (Lipinski definition) is 5. The zero-order chi connectivity index (χ0) is 12.6. The number of unbranched alkanes of at least 4 members (excludes halogenated alkanes) is 1. The average molecular weight is 233 g/mol. The maximum absolute atomic E-state index is 10.4. The van der Waals surface area contributed by atoms with Gasteiger partial charge in [-0.2, -0.15) is 0 Å². The molecule has 0 rings (SSSR count). The molecule has 0 bridgehead atoms. The van der Waals surface area contributed by atoms with Crippen LogP contribution in [0.3, 0.4) is 0 Å².